The van der Waals surface area contributed by atoms with Gasteiger partial charge in [0.25, 0.3) is 0 Å². The van der Waals surface area contributed by atoms with Crippen LogP contribution in [0.25, 0.3) is 11.0 Å². The molecule has 1 aromatic heterocycles. The molecule has 0 bridgehead atoms. The van der Waals surface area contributed by atoms with Gasteiger partial charge >= 0.3 is 0 Å². The van der Waals surface area contributed by atoms with Crippen LogP contribution in [-0.2, 0) is 12.0 Å². The monoisotopic (exact) mass is 291 g/mol. The fourth-order valence-electron chi connectivity index (χ4n) is 3.53. The second-order valence-corrected chi connectivity index (χ2v) is 6.35. The number of halogens is 1. The summed E-state index contributed by atoms with van der Waals surface area (Å²) in [6.07, 6.45) is 5.93. The minimum atomic E-state index is 0.0701. The molecule has 1 saturated carbocycles. The van der Waals surface area contributed by atoms with Gasteiger partial charge in [-0.25, -0.2) is 4.98 Å². The molecule has 1 fully saturated rings. The van der Waals surface area contributed by atoms with E-state index in [-0.39, 0.29) is 5.41 Å². The lowest BCUT2D eigenvalue weighted by Gasteiger charge is -2.27. The lowest BCUT2D eigenvalue weighted by molar-refractivity contribution is 0.404. The molecule has 0 radical (unpaired) electrons. The first kappa shape index (κ1) is 13.9. The first-order chi connectivity index (χ1) is 9.70. The molecule has 0 unspecified atom stereocenters. The molecule has 4 heteroatoms. The summed E-state index contributed by atoms with van der Waals surface area (Å²) < 4.78 is 2.36. The Hall–Kier alpha value is -1.06. The number of aryl methyl sites for hydroxylation is 1. The van der Waals surface area contributed by atoms with Crippen LogP contribution in [0.5, 0.6) is 0 Å². The number of hydrogen-bond donors (Lipinski definition) is 1. The van der Waals surface area contributed by atoms with E-state index in [0.717, 1.165) is 36.3 Å². The summed E-state index contributed by atoms with van der Waals surface area (Å²) in [7, 11) is 0. The van der Waals surface area contributed by atoms with E-state index in [9.17, 15) is 0 Å². The normalized spacial score (nSPS) is 17.9. The van der Waals surface area contributed by atoms with Crippen molar-refractivity contribution in [1.82, 2.24) is 9.55 Å². The van der Waals surface area contributed by atoms with Crippen molar-refractivity contribution in [3.8, 4) is 0 Å². The van der Waals surface area contributed by atoms with Crippen molar-refractivity contribution in [3.05, 3.63) is 29.0 Å². The number of fused-ring (bicyclic) bond motifs is 1. The summed E-state index contributed by atoms with van der Waals surface area (Å²) in [6, 6.07) is 6.00. The summed E-state index contributed by atoms with van der Waals surface area (Å²) in [5, 5.41) is 0.749. The number of nitrogens with two attached hydrogens (primary N) is 1. The topological polar surface area (TPSA) is 43.8 Å². The molecule has 0 amide bonds. The highest BCUT2D eigenvalue weighted by atomic mass is 35.5. The van der Waals surface area contributed by atoms with Crippen molar-refractivity contribution in [2.24, 2.45) is 5.73 Å². The van der Waals surface area contributed by atoms with Crippen molar-refractivity contribution >= 4 is 22.6 Å². The number of benzene rings is 1. The highest BCUT2D eigenvalue weighted by Gasteiger charge is 2.38. The SMILES string of the molecule is CCCn1c(C2(CN)CCCC2)nc2cc(Cl)ccc21. The molecule has 3 rings (SSSR count). The first-order valence-corrected chi connectivity index (χ1v) is 7.94. The number of rotatable bonds is 4. The van der Waals surface area contributed by atoms with E-state index < -0.39 is 0 Å². The predicted molar refractivity (Wildman–Crippen MR) is 84.2 cm³/mol. The van der Waals surface area contributed by atoms with Gasteiger partial charge in [0.1, 0.15) is 5.82 Å². The quantitative estimate of drug-likeness (QED) is 0.929. The zero-order chi connectivity index (χ0) is 14.2. The molecule has 0 spiro atoms. The van der Waals surface area contributed by atoms with Crippen LogP contribution in [0, 0.1) is 0 Å². The van der Waals surface area contributed by atoms with Crippen LogP contribution in [0.4, 0.5) is 0 Å². The standard InChI is InChI=1S/C16H22ClN3/c1-2-9-20-14-6-5-12(17)10-13(14)19-15(20)16(11-18)7-3-4-8-16/h5-6,10H,2-4,7-9,11,18H2,1H3. The van der Waals surface area contributed by atoms with E-state index >= 15 is 0 Å². The van der Waals surface area contributed by atoms with Gasteiger partial charge in [-0.2, -0.15) is 0 Å². The predicted octanol–water partition coefficient (Wildman–Crippen LogP) is 3.87. The van der Waals surface area contributed by atoms with Crippen molar-refractivity contribution in [3.63, 3.8) is 0 Å². The van der Waals surface area contributed by atoms with Gasteiger partial charge in [-0.15, -0.1) is 0 Å². The summed E-state index contributed by atoms with van der Waals surface area (Å²) in [5.74, 6) is 1.18. The summed E-state index contributed by atoms with van der Waals surface area (Å²) in [5.41, 5.74) is 8.40. The second kappa shape index (κ2) is 5.38. The van der Waals surface area contributed by atoms with Gasteiger partial charge < -0.3 is 10.3 Å². The molecule has 1 aliphatic rings. The number of hydrogen-bond acceptors (Lipinski definition) is 2. The van der Waals surface area contributed by atoms with Gasteiger partial charge in [-0.05, 0) is 37.5 Å². The van der Waals surface area contributed by atoms with Gasteiger partial charge in [0.2, 0.25) is 0 Å². The zero-order valence-corrected chi connectivity index (χ0v) is 12.8. The smallest absolute Gasteiger partial charge is 0.117 e. The highest BCUT2D eigenvalue weighted by Crippen LogP contribution is 2.41. The summed E-state index contributed by atoms with van der Waals surface area (Å²) in [6.45, 7) is 3.89. The van der Waals surface area contributed by atoms with Gasteiger partial charge in [-0.3, -0.25) is 0 Å². The Bertz CT molecular complexity index is 611. The van der Waals surface area contributed by atoms with E-state index in [1.165, 1.54) is 24.2 Å². The maximum absolute atomic E-state index is 6.14. The molecular weight excluding hydrogens is 270 g/mol. The van der Waals surface area contributed by atoms with E-state index in [1.54, 1.807) is 0 Å². The van der Waals surface area contributed by atoms with E-state index in [0.29, 0.717) is 6.54 Å². The minimum Gasteiger partial charge on any atom is -0.329 e. The maximum Gasteiger partial charge on any atom is 0.117 e. The molecule has 1 aliphatic carbocycles. The van der Waals surface area contributed by atoms with Crippen LogP contribution in [0.15, 0.2) is 18.2 Å². The third-order valence-corrected chi connectivity index (χ3v) is 4.82. The molecule has 2 N–H and O–H groups in total. The average Bonchev–Trinajstić information content (AvgIpc) is 3.05. The fourth-order valence-corrected chi connectivity index (χ4v) is 3.69. The molecule has 1 heterocycles. The van der Waals surface area contributed by atoms with Crippen molar-refractivity contribution in [2.45, 2.75) is 51.0 Å². The Morgan fingerprint density at radius 3 is 2.75 bits per heavy atom. The van der Waals surface area contributed by atoms with Crippen LogP contribution in [-0.4, -0.2) is 16.1 Å². The Kier molecular flexibility index (Phi) is 3.74. The van der Waals surface area contributed by atoms with Crippen molar-refractivity contribution in [2.75, 3.05) is 6.54 Å². The first-order valence-electron chi connectivity index (χ1n) is 7.56. The van der Waals surface area contributed by atoms with Crippen LogP contribution in [0.3, 0.4) is 0 Å². The van der Waals surface area contributed by atoms with Crippen LogP contribution < -0.4 is 5.73 Å². The van der Waals surface area contributed by atoms with Gasteiger partial charge in [0.15, 0.2) is 0 Å². The summed E-state index contributed by atoms with van der Waals surface area (Å²) in [4.78, 5) is 4.92. The Labute approximate surface area is 125 Å². The van der Waals surface area contributed by atoms with Gasteiger partial charge in [-0.1, -0.05) is 31.4 Å². The number of imidazole rings is 1. The molecule has 2 aromatic rings. The molecule has 108 valence electrons. The van der Waals surface area contributed by atoms with E-state index in [2.05, 4.69) is 17.6 Å². The molecule has 3 nitrogen and oxygen atoms in total. The van der Waals surface area contributed by atoms with E-state index in [1.807, 2.05) is 12.1 Å². The molecule has 0 atom stereocenters. The second-order valence-electron chi connectivity index (χ2n) is 5.91. The Balaban J connectivity index is 2.20. The highest BCUT2D eigenvalue weighted by molar-refractivity contribution is 6.31. The third-order valence-electron chi connectivity index (χ3n) is 4.58. The minimum absolute atomic E-state index is 0.0701. The molecule has 0 saturated heterocycles. The van der Waals surface area contributed by atoms with Crippen LogP contribution >= 0.6 is 11.6 Å². The average molecular weight is 292 g/mol. The molecule has 20 heavy (non-hydrogen) atoms. The zero-order valence-electron chi connectivity index (χ0n) is 12.0. The Morgan fingerprint density at radius 2 is 2.10 bits per heavy atom. The Morgan fingerprint density at radius 1 is 1.35 bits per heavy atom. The van der Waals surface area contributed by atoms with Crippen LogP contribution in [0.2, 0.25) is 5.02 Å². The third kappa shape index (κ3) is 2.13. The van der Waals surface area contributed by atoms with Gasteiger partial charge in [0, 0.05) is 23.5 Å². The van der Waals surface area contributed by atoms with Crippen molar-refractivity contribution < 1.29 is 0 Å². The number of nitrogens with zero attached hydrogens (tertiary/aromatic N) is 2. The van der Waals surface area contributed by atoms with Crippen LogP contribution in [0.1, 0.15) is 44.9 Å². The van der Waals surface area contributed by atoms with Crippen molar-refractivity contribution in [1.29, 1.82) is 0 Å². The largest absolute Gasteiger partial charge is 0.329 e. The molecule has 0 aliphatic heterocycles. The maximum atomic E-state index is 6.14. The molecule has 1 aromatic carbocycles. The molecular formula is C16H22ClN3. The van der Waals surface area contributed by atoms with Gasteiger partial charge in [0.05, 0.1) is 11.0 Å². The van der Waals surface area contributed by atoms with E-state index in [4.69, 9.17) is 22.3 Å². The number of aromatic nitrogens is 2. The summed E-state index contributed by atoms with van der Waals surface area (Å²) >= 11 is 6.11. The lowest BCUT2D eigenvalue weighted by Crippen LogP contribution is -2.35. The lowest BCUT2D eigenvalue weighted by atomic mass is 9.85. The fraction of sp³-hybridized carbons (Fsp3) is 0.562.